The highest BCUT2D eigenvalue weighted by molar-refractivity contribution is 5.59. The van der Waals surface area contributed by atoms with Crippen LogP contribution in [0.4, 0.5) is 0 Å². The van der Waals surface area contributed by atoms with Gasteiger partial charge in [0.05, 0.1) is 7.11 Å². The van der Waals surface area contributed by atoms with Crippen LogP contribution in [-0.4, -0.2) is 7.11 Å². The Bertz CT molecular complexity index is 811. The Hall–Kier alpha value is -2.94. The molecule has 0 unspecified atom stereocenters. The molecule has 3 rings (SSSR count). The lowest BCUT2D eigenvalue weighted by Gasteiger charge is -2.18. The number of aryl methyl sites for hydroxylation is 1. The van der Waals surface area contributed by atoms with E-state index < -0.39 is 0 Å². The Labute approximate surface area is 142 Å². The number of ether oxygens (including phenoxy) is 3. The van der Waals surface area contributed by atoms with Crippen molar-refractivity contribution < 1.29 is 14.2 Å². The zero-order valence-corrected chi connectivity index (χ0v) is 14.1. The van der Waals surface area contributed by atoms with Gasteiger partial charge in [-0.1, -0.05) is 36.4 Å². The SMILES string of the molecule is COc1c(C)cc(Oc2ccccc2)c(Oc2ccccc2)c1C. The lowest BCUT2D eigenvalue weighted by atomic mass is 10.1. The number of hydrogen-bond acceptors (Lipinski definition) is 3. The van der Waals surface area contributed by atoms with Gasteiger partial charge in [0.2, 0.25) is 0 Å². The molecule has 0 aliphatic carbocycles. The monoisotopic (exact) mass is 320 g/mol. The van der Waals surface area contributed by atoms with Crippen molar-refractivity contribution in [2.24, 2.45) is 0 Å². The van der Waals surface area contributed by atoms with Gasteiger partial charge in [0.1, 0.15) is 17.2 Å². The highest BCUT2D eigenvalue weighted by atomic mass is 16.5. The largest absolute Gasteiger partial charge is 0.496 e. The zero-order valence-electron chi connectivity index (χ0n) is 14.1. The number of methoxy groups -OCH3 is 1. The molecule has 0 saturated carbocycles. The maximum absolute atomic E-state index is 6.10. The summed E-state index contributed by atoms with van der Waals surface area (Å²) in [5.74, 6) is 3.65. The second-order valence-corrected chi connectivity index (χ2v) is 5.51. The van der Waals surface area contributed by atoms with E-state index in [-0.39, 0.29) is 0 Å². The van der Waals surface area contributed by atoms with Crippen molar-refractivity contribution in [3.05, 3.63) is 77.9 Å². The third-order valence-corrected chi connectivity index (χ3v) is 3.75. The quantitative estimate of drug-likeness (QED) is 0.586. The fraction of sp³-hybridized carbons (Fsp3) is 0.143. The van der Waals surface area contributed by atoms with E-state index in [1.54, 1.807) is 7.11 Å². The Morgan fingerprint density at radius 3 is 1.75 bits per heavy atom. The zero-order chi connectivity index (χ0) is 16.9. The van der Waals surface area contributed by atoms with E-state index in [1.165, 1.54) is 0 Å². The molecule has 0 N–H and O–H groups in total. The van der Waals surface area contributed by atoms with E-state index in [0.717, 1.165) is 28.4 Å². The van der Waals surface area contributed by atoms with Gasteiger partial charge in [-0.25, -0.2) is 0 Å². The summed E-state index contributed by atoms with van der Waals surface area (Å²) in [6.45, 7) is 3.97. The fourth-order valence-corrected chi connectivity index (χ4v) is 2.65. The number of para-hydroxylation sites is 2. The molecule has 0 atom stereocenters. The van der Waals surface area contributed by atoms with E-state index in [2.05, 4.69) is 0 Å². The van der Waals surface area contributed by atoms with Crippen molar-refractivity contribution >= 4 is 0 Å². The summed E-state index contributed by atoms with van der Waals surface area (Å²) >= 11 is 0. The van der Waals surface area contributed by atoms with E-state index >= 15 is 0 Å². The van der Waals surface area contributed by atoms with Crippen LogP contribution < -0.4 is 14.2 Å². The van der Waals surface area contributed by atoms with Crippen LogP contribution in [0.15, 0.2) is 66.7 Å². The summed E-state index contributed by atoms with van der Waals surface area (Å²) in [5.41, 5.74) is 1.91. The first-order valence-electron chi connectivity index (χ1n) is 7.83. The van der Waals surface area contributed by atoms with Crippen molar-refractivity contribution in [1.29, 1.82) is 0 Å². The summed E-state index contributed by atoms with van der Waals surface area (Å²) in [6.07, 6.45) is 0. The third kappa shape index (κ3) is 3.35. The molecule has 122 valence electrons. The van der Waals surface area contributed by atoms with Crippen LogP contribution in [0, 0.1) is 13.8 Å². The molecule has 0 fully saturated rings. The summed E-state index contributed by atoms with van der Waals surface area (Å²) in [4.78, 5) is 0. The van der Waals surface area contributed by atoms with Gasteiger partial charge < -0.3 is 14.2 Å². The predicted octanol–water partition coefficient (Wildman–Crippen LogP) is 5.90. The first kappa shape index (κ1) is 15.9. The number of benzene rings is 3. The van der Waals surface area contributed by atoms with Gasteiger partial charge in [0.15, 0.2) is 11.5 Å². The molecular formula is C21H20O3. The first-order valence-corrected chi connectivity index (χ1v) is 7.83. The highest BCUT2D eigenvalue weighted by Gasteiger charge is 2.18. The van der Waals surface area contributed by atoms with Gasteiger partial charge >= 0.3 is 0 Å². The van der Waals surface area contributed by atoms with Crippen LogP contribution in [-0.2, 0) is 0 Å². The molecule has 0 bridgehead atoms. The van der Waals surface area contributed by atoms with Crippen molar-refractivity contribution in [2.75, 3.05) is 7.11 Å². The average Bonchev–Trinajstić information content (AvgIpc) is 2.60. The molecule has 3 nitrogen and oxygen atoms in total. The molecule has 0 aliphatic heterocycles. The molecule has 24 heavy (non-hydrogen) atoms. The van der Waals surface area contributed by atoms with Crippen molar-refractivity contribution in [2.45, 2.75) is 13.8 Å². The Kier molecular flexibility index (Phi) is 4.71. The number of hydrogen-bond donors (Lipinski definition) is 0. The molecule has 0 heterocycles. The second kappa shape index (κ2) is 7.09. The van der Waals surface area contributed by atoms with Crippen LogP contribution >= 0.6 is 0 Å². The molecule has 0 saturated heterocycles. The standard InChI is InChI=1S/C21H20O3/c1-15-14-19(23-17-10-6-4-7-11-17)21(16(2)20(15)22-3)24-18-12-8-5-9-13-18/h4-14H,1-3H3. The maximum Gasteiger partial charge on any atom is 0.176 e. The summed E-state index contributed by atoms with van der Waals surface area (Å²) in [6, 6.07) is 21.3. The molecular weight excluding hydrogens is 300 g/mol. The molecule has 0 radical (unpaired) electrons. The maximum atomic E-state index is 6.10. The molecule has 0 aromatic heterocycles. The lowest BCUT2D eigenvalue weighted by Crippen LogP contribution is -1.98. The molecule has 3 heteroatoms. The average molecular weight is 320 g/mol. The van der Waals surface area contributed by atoms with Crippen molar-refractivity contribution in [3.63, 3.8) is 0 Å². The lowest BCUT2D eigenvalue weighted by molar-refractivity contribution is 0.387. The minimum atomic E-state index is 0.660. The topological polar surface area (TPSA) is 27.7 Å². The van der Waals surface area contributed by atoms with E-state index in [4.69, 9.17) is 14.2 Å². The molecule has 3 aromatic carbocycles. The molecule has 0 amide bonds. The minimum Gasteiger partial charge on any atom is -0.496 e. The first-order chi connectivity index (χ1) is 11.7. The molecule has 0 spiro atoms. The highest BCUT2D eigenvalue weighted by Crippen LogP contribution is 2.43. The van der Waals surface area contributed by atoms with Gasteiger partial charge in [-0.05, 0) is 49.7 Å². The molecule has 0 aliphatic rings. The molecule has 3 aromatic rings. The Balaban J connectivity index is 2.05. The predicted molar refractivity (Wildman–Crippen MR) is 95.5 cm³/mol. The summed E-state index contributed by atoms with van der Waals surface area (Å²) < 4.78 is 17.7. The van der Waals surface area contributed by atoms with Crippen molar-refractivity contribution in [1.82, 2.24) is 0 Å². The van der Waals surface area contributed by atoms with Crippen LogP contribution in [0.1, 0.15) is 11.1 Å². The van der Waals surface area contributed by atoms with E-state index in [9.17, 15) is 0 Å². The van der Waals surface area contributed by atoms with Gasteiger partial charge in [-0.2, -0.15) is 0 Å². The Morgan fingerprint density at radius 1 is 0.667 bits per heavy atom. The summed E-state index contributed by atoms with van der Waals surface area (Å²) in [7, 11) is 1.67. The van der Waals surface area contributed by atoms with Gasteiger partial charge in [-0.3, -0.25) is 0 Å². The second-order valence-electron chi connectivity index (χ2n) is 5.51. The van der Waals surface area contributed by atoms with Gasteiger partial charge in [0, 0.05) is 5.56 Å². The normalized spacial score (nSPS) is 10.3. The van der Waals surface area contributed by atoms with E-state index in [1.807, 2.05) is 80.6 Å². The van der Waals surface area contributed by atoms with Crippen LogP contribution in [0.25, 0.3) is 0 Å². The fourth-order valence-electron chi connectivity index (χ4n) is 2.65. The van der Waals surface area contributed by atoms with Crippen LogP contribution in [0.2, 0.25) is 0 Å². The van der Waals surface area contributed by atoms with E-state index in [0.29, 0.717) is 11.5 Å². The minimum absolute atomic E-state index is 0.660. The van der Waals surface area contributed by atoms with Crippen LogP contribution in [0.5, 0.6) is 28.7 Å². The van der Waals surface area contributed by atoms with Crippen molar-refractivity contribution in [3.8, 4) is 28.7 Å². The summed E-state index contributed by atoms with van der Waals surface area (Å²) in [5, 5.41) is 0. The number of rotatable bonds is 5. The van der Waals surface area contributed by atoms with Gasteiger partial charge in [-0.15, -0.1) is 0 Å². The van der Waals surface area contributed by atoms with Crippen LogP contribution in [0.3, 0.4) is 0 Å². The smallest absolute Gasteiger partial charge is 0.176 e. The van der Waals surface area contributed by atoms with Gasteiger partial charge in [0.25, 0.3) is 0 Å². The Morgan fingerprint density at radius 2 is 1.21 bits per heavy atom. The third-order valence-electron chi connectivity index (χ3n) is 3.75.